The summed E-state index contributed by atoms with van der Waals surface area (Å²) in [5.41, 5.74) is -1.00. The molecule has 2 N–H and O–H groups in total. The van der Waals surface area contributed by atoms with E-state index in [1.807, 2.05) is 13.8 Å². The van der Waals surface area contributed by atoms with Gasteiger partial charge in [-0.1, -0.05) is 13.3 Å². The van der Waals surface area contributed by atoms with E-state index in [0.29, 0.717) is 67.4 Å². The van der Waals surface area contributed by atoms with Gasteiger partial charge in [0.05, 0.1) is 32.5 Å². The van der Waals surface area contributed by atoms with E-state index in [9.17, 15) is 14.0 Å². The lowest BCUT2D eigenvalue weighted by molar-refractivity contribution is -0.0809. The van der Waals surface area contributed by atoms with Crippen molar-refractivity contribution in [1.29, 1.82) is 0 Å². The Kier molecular flexibility index (Phi) is 11.4. The molecule has 18 heteroatoms. The molecule has 2 aromatic carbocycles. The van der Waals surface area contributed by atoms with Crippen molar-refractivity contribution in [3.63, 3.8) is 0 Å². The van der Waals surface area contributed by atoms with Crippen LogP contribution < -0.4 is 29.9 Å². The van der Waals surface area contributed by atoms with Crippen LogP contribution in [0.25, 0.3) is 0 Å². The number of benzene rings is 2. The standard InChI is InChI=1S/C49H55F5N6O7/c1-3-5-38-41(58-48(67-38)60-11-9-24-6-4-7-37(24)60)45(61)55-29-19-35(53)44(36(54)20-29)65-40-16-27-15-31(27)32(40)21-63-49(2)22-59(23-49)47-57-42(39(66-47)8-10-50)46(62)56-28-17-33(51)43(34(52)18-28)64-30-13-25-12-26(25)14-30/h17-20,24-27,30-32,37,40H,3-16,21-23H2,1-2H3,(H,55,61)(H,56,62). The highest BCUT2D eigenvalue weighted by molar-refractivity contribution is 6.04. The van der Waals surface area contributed by atoms with Crippen LogP contribution in [0.3, 0.4) is 0 Å². The van der Waals surface area contributed by atoms with Crippen LogP contribution in [0.4, 0.5) is 45.4 Å². The van der Waals surface area contributed by atoms with Crippen LogP contribution in [0.5, 0.6) is 11.5 Å². The molecule has 0 radical (unpaired) electrons. The Bertz CT molecular complexity index is 2510. The van der Waals surface area contributed by atoms with E-state index in [1.54, 1.807) is 4.90 Å². The number of aryl methyl sites for hydroxylation is 2. The van der Waals surface area contributed by atoms with E-state index in [4.69, 9.17) is 23.0 Å². The Morgan fingerprint density at radius 1 is 0.761 bits per heavy atom. The number of amides is 2. The minimum atomic E-state index is -0.945. The third kappa shape index (κ3) is 8.60. The minimum Gasteiger partial charge on any atom is -0.484 e. The third-order valence-corrected chi connectivity index (χ3v) is 15.4. The van der Waals surface area contributed by atoms with Gasteiger partial charge in [0.25, 0.3) is 23.8 Å². The van der Waals surface area contributed by atoms with Gasteiger partial charge in [-0.3, -0.25) is 14.0 Å². The lowest BCUT2D eigenvalue weighted by Crippen LogP contribution is -2.62. The van der Waals surface area contributed by atoms with Crippen molar-refractivity contribution < 1.29 is 54.6 Å². The molecule has 8 unspecified atom stereocenters. The van der Waals surface area contributed by atoms with Crippen LogP contribution in [0.15, 0.2) is 33.1 Å². The fourth-order valence-corrected chi connectivity index (χ4v) is 11.8. The fourth-order valence-electron chi connectivity index (χ4n) is 11.8. The molecule has 13 nitrogen and oxygen atoms in total. The molecule has 8 atom stereocenters. The Morgan fingerprint density at radius 3 is 2.01 bits per heavy atom. The Hall–Kier alpha value is -5.39. The zero-order valence-corrected chi connectivity index (χ0v) is 37.6. The first-order valence-electron chi connectivity index (χ1n) is 24.0. The van der Waals surface area contributed by atoms with Crippen LogP contribution in [-0.2, 0) is 17.6 Å². The summed E-state index contributed by atoms with van der Waals surface area (Å²) in [5.74, 6) is -3.54. The number of alkyl halides is 1. The van der Waals surface area contributed by atoms with E-state index in [0.717, 1.165) is 82.2 Å². The maximum atomic E-state index is 15.7. The number of oxazole rings is 2. The summed E-state index contributed by atoms with van der Waals surface area (Å²) in [6, 6.07) is 4.89. The SMILES string of the molecule is CCCc1oc(N2CCC3CCCC32)nc1C(=O)Nc1cc(F)c(OC2CC3CC3C2COC2(C)CN(c3nc(C(=O)Nc4cc(F)c(OC5CC6CC6C5)c(F)c4)c(CCF)o3)C2)c(F)c1. The molecule has 2 aromatic heterocycles. The Balaban J connectivity index is 0.698. The average molecular weight is 935 g/mol. The van der Waals surface area contributed by atoms with Crippen LogP contribution >= 0.6 is 0 Å². The van der Waals surface area contributed by atoms with Crippen molar-refractivity contribution in [2.75, 3.05) is 53.3 Å². The quantitative estimate of drug-likeness (QED) is 0.0978. The van der Waals surface area contributed by atoms with Crippen LogP contribution in [-0.4, -0.2) is 78.5 Å². The second-order valence-corrected chi connectivity index (χ2v) is 20.2. The number of fused-ring (bicyclic) bond motifs is 3. The number of aromatic nitrogens is 2. The largest absolute Gasteiger partial charge is 0.484 e. The fraction of sp³-hybridized carbons (Fsp3) is 0.592. The molecule has 4 aromatic rings. The molecule has 11 rings (SSSR count). The first-order valence-corrected chi connectivity index (χ1v) is 24.0. The van der Waals surface area contributed by atoms with Gasteiger partial charge in [0.2, 0.25) is 0 Å². The summed E-state index contributed by atoms with van der Waals surface area (Å²) in [5, 5.41) is 5.08. The zero-order valence-electron chi connectivity index (χ0n) is 37.6. The van der Waals surface area contributed by atoms with Gasteiger partial charge in [-0.05, 0) is 94.3 Å². The number of carbonyl (C=O) groups excluding carboxylic acids is 2. The lowest BCUT2D eigenvalue weighted by Gasteiger charge is -2.47. The van der Waals surface area contributed by atoms with Gasteiger partial charge in [-0.15, -0.1) is 0 Å². The predicted octanol–water partition coefficient (Wildman–Crippen LogP) is 9.44. The van der Waals surface area contributed by atoms with E-state index in [-0.39, 0.29) is 65.5 Å². The monoisotopic (exact) mass is 934 g/mol. The number of rotatable bonds is 17. The molecule has 4 heterocycles. The molecule has 0 spiro atoms. The van der Waals surface area contributed by atoms with E-state index >= 15 is 17.6 Å². The van der Waals surface area contributed by atoms with Crippen molar-refractivity contribution >= 4 is 35.2 Å². The highest BCUT2D eigenvalue weighted by atomic mass is 19.1. The molecule has 5 aliphatic carbocycles. The Labute approximate surface area is 384 Å². The lowest BCUT2D eigenvalue weighted by atomic mass is 9.95. The van der Waals surface area contributed by atoms with E-state index in [1.165, 1.54) is 6.42 Å². The number of nitrogens with one attached hydrogen (secondary N) is 2. The van der Waals surface area contributed by atoms with Crippen LogP contribution in [0.2, 0.25) is 0 Å². The van der Waals surface area contributed by atoms with Gasteiger partial charge in [-0.25, -0.2) is 17.6 Å². The maximum Gasteiger partial charge on any atom is 0.298 e. The molecule has 7 fully saturated rings. The van der Waals surface area contributed by atoms with Gasteiger partial charge >= 0.3 is 0 Å². The molecule has 0 bridgehead atoms. The van der Waals surface area contributed by atoms with Crippen LogP contribution in [0, 0.1) is 58.8 Å². The number of halogens is 5. The van der Waals surface area contributed by atoms with Crippen molar-refractivity contribution in [2.45, 2.75) is 115 Å². The second-order valence-electron chi connectivity index (χ2n) is 20.2. The second kappa shape index (κ2) is 17.3. The summed E-state index contributed by atoms with van der Waals surface area (Å²) in [4.78, 5) is 39.7. The summed E-state index contributed by atoms with van der Waals surface area (Å²) in [6.45, 7) is 4.73. The molecule has 2 amide bonds. The van der Waals surface area contributed by atoms with Gasteiger partial charge in [-0.2, -0.15) is 9.97 Å². The number of carbonyl (C=O) groups is 2. The van der Waals surface area contributed by atoms with Gasteiger partial charge in [0.15, 0.2) is 46.2 Å². The maximum absolute atomic E-state index is 15.7. The molecular formula is C49H55F5N6O7. The number of anilines is 4. The van der Waals surface area contributed by atoms with Crippen LogP contribution in [0.1, 0.15) is 111 Å². The number of hydrogen-bond acceptors (Lipinski definition) is 11. The highest BCUT2D eigenvalue weighted by Gasteiger charge is 2.56. The van der Waals surface area contributed by atoms with Gasteiger partial charge in [0, 0.05) is 67.0 Å². The topological polar surface area (TPSA) is 144 Å². The first kappa shape index (κ1) is 44.1. The number of hydrogen-bond donors (Lipinski definition) is 2. The third-order valence-electron chi connectivity index (χ3n) is 15.4. The molecule has 358 valence electrons. The molecule has 2 saturated heterocycles. The summed E-state index contributed by atoms with van der Waals surface area (Å²) in [6.07, 6.45) is 8.93. The first-order chi connectivity index (χ1) is 32.3. The molecular weight excluding hydrogens is 880 g/mol. The average Bonchev–Trinajstić information content (AvgIpc) is 3.69. The smallest absolute Gasteiger partial charge is 0.298 e. The molecule has 2 aliphatic heterocycles. The predicted molar refractivity (Wildman–Crippen MR) is 234 cm³/mol. The zero-order chi connectivity index (χ0) is 46.3. The molecule has 5 saturated carbocycles. The van der Waals surface area contributed by atoms with Crippen molar-refractivity contribution in [1.82, 2.24) is 9.97 Å². The summed E-state index contributed by atoms with van der Waals surface area (Å²) < 4.78 is 105. The van der Waals surface area contributed by atoms with Gasteiger partial charge in [0.1, 0.15) is 23.2 Å². The summed E-state index contributed by atoms with van der Waals surface area (Å²) >= 11 is 0. The summed E-state index contributed by atoms with van der Waals surface area (Å²) in [7, 11) is 0. The van der Waals surface area contributed by atoms with E-state index < -0.39 is 65.0 Å². The van der Waals surface area contributed by atoms with Crippen molar-refractivity contribution in [2.24, 2.45) is 35.5 Å². The highest BCUT2D eigenvalue weighted by Crippen LogP contribution is 2.57. The Morgan fingerprint density at radius 2 is 1.37 bits per heavy atom. The van der Waals surface area contributed by atoms with Crippen molar-refractivity contribution in [3.05, 3.63) is 70.4 Å². The minimum absolute atomic E-state index is 0.0184. The molecule has 67 heavy (non-hydrogen) atoms. The van der Waals surface area contributed by atoms with Crippen molar-refractivity contribution in [3.8, 4) is 11.5 Å². The number of nitrogens with zero attached hydrogens (tertiary/aromatic N) is 4. The normalized spacial score (nSPS) is 28.5. The van der Waals surface area contributed by atoms with Gasteiger partial charge < -0.3 is 43.5 Å². The molecule has 7 aliphatic rings. The number of ether oxygens (including phenoxy) is 3. The van der Waals surface area contributed by atoms with E-state index in [2.05, 4.69) is 25.5 Å².